The second kappa shape index (κ2) is 8.48. The zero-order valence-corrected chi connectivity index (χ0v) is 15.7. The first-order valence-corrected chi connectivity index (χ1v) is 9.70. The quantitative estimate of drug-likeness (QED) is 0.319. The van der Waals surface area contributed by atoms with Crippen LogP contribution in [0.4, 0.5) is 15.8 Å². The van der Waals surface area contributed by atoms with Gasteiger partial charge in [0.25, 0.3) is 10.0 Å². The molecule has 0 heterocycles. The van der Waals surface area contributed by atoms with Gasteiger partial charge in [0.15, 0.2) is 0 Å². The Labute approximate surface area is 157 Å². The minimum absolute atomic E-state index is 0.0120. The van der Waals surface area contributed by atoms with Crippen molar-refractivity contribution in [1.29, 1.82) is 0 Å². The molecule has 26 heavy (non-hydrogen) atoms. The Bertz CT molecular complexity index is 878. The molecule has 0 aromatic heterocycles. The third-order valence-corrected chi connectivity index (χ3v) is 5.84. The molecule has 0 bridgehead atoms. The lowest BCUT2D eigenvalue weighted by atomic mass is 10.2. The molecule has 0 atom stereocenters. The molecule has 2 aromatic rings. The summed E-state index contributed by atoms with van der Waals surface area (Å²) in [7, 11) is -3.99. The Hall–Kier alpha value is -2.16. The maximum absolute atomic E-state index is 14.1. The van der Waals surface area contributed by atoms with Gasteiger partial charge in [-0.25, -0.2) is 23.7 Å². The van der Waals surface area contributed by atoms with Gasteiger partial charge in [-0.1, -0.05) is 43.1 Å². The highest BCUT2D eigenvalue weighted by Gasteiger charge is 2.28. The van der Waals surface area contributed by atoms with Crippen molar-refractivity contribution in [2.24, 2.45) is 5.84 Å². The van der Waals surface area contributed by atoms with Gasteiger partial charge in [0.05, 0.1) is 21.3 Å². The first kappa shape index (κ1) is 20.2. The van der Waals surface area contributed by atoms with Gasteiger partial charge < -0.3 is 0 Å². The monoisotopic (exact) mass is 399 g/mol. The number of nitrogens with zero attached hydrogens (tertiary/aromatic N) is 2. The predicted molar refractivity (Wildman–Crippen MR) is 100 cm³/mol. The summed E-state index contributed by atoms with van der Waals surface area (Å²) in [6.07, 6.45) is 1.54. The summed E-state index contributed by atoms with van der Waals surface area (Å²) in [5.41, 5.74) is -0.0687. The number of nitrogens with two attached hydrogens (primary N) is 1. The number of hydrogen-bond donors (Lipinski definition) is 1. The molecule has 1 amide bonds. The molecule has 2 rings (SSSR count). The first-order valence-electron chi connectivity index (χ1n) is 7.89. The molecular formula is C17H19ClFN3O3S. The van der Waals surface area contributed by atoms with E-state index in [1.54, 1.807) is 18.2 Å². The highest BCUT2D eigenvalue weighted by atomic mass is 35.5. The number of rotatable bonds is 8. The fourth-order valence-corrected chi connectivity index (χ4v) is 4.07. The van der Waals surface area contributed by atoms with Gasteiger partial charge in [0, 0.05) is 12.6 Å². The van der Waals surface area contributed by atoms with Crippen LogP contribution in [0.2, 0.25) is 5.02 Å². The maximum atomic E-state index is 14.1. The number of anilines is 2. The fraction of sp³-hybridized carbons (Fsp3) is 0.235. The van der Waals surface area contributed by atoms with E-state index < -0.39 is 15.8 Å². The van der Waals surface area contributed by atoms with Crippen molar-refractivity contribution >= 4 is 39.4 Å². The second-order valence-corrected chi connectivity index (χ2v) is 7.78. The minimum Gasteiger partial charge on any atom is -0.277 e. The second-order valence-electron chi connectivity index (χ2n) is 5.51. The summed E-state index contributed by atoms with van der Waals surface area (Å²) in [4.78, 5) is 11.2. The highest BCUT2D eigenvalue weighted by molar-refractivity contribution is 7.92. The summed E-state index contributed by atoms with van der Waals surface area (Å²) in [5, 5.41) is 0.397. The van der Waals surface area contributed by atoms with Crippen LogP contribution in [0, 0.1) is 5.82 Å². The minimum atomic E-state index is -3.99. The number of carbonyl (C=O) groups is 1. The Kier molecular flexibility index (Phi) is 6.57. The molecule has 140 valence electrons. The summed E-state index contributed by atoms with van der Waals surface area (Å²) in [6, 6.07) is 9.86. The molecule has 0 aliphatic heterocycles. The van der Waals surface area contributed by atoms with E-state index in [1.165, 1.54) is 12.1 Å². The van der Waals surface area contributed by atoms with Crippen molar-refractivity contribution in [3.05, 3.63) is 53.3 Å². The van der Waals surface area contributed by atoms with Gasteiger partial charge in [0.1, 0.15) is 5.82 Å². The summed E-state index contributed by atoms with van der Waals surface area (Å²) < 4.78 is 41.4. The van der Waals surface area contributed by atoms with Crippen molar-refractivity contribution in [3.63, 3.8) is 0 Å². The average Bonchev–Trinajstić information content (AvgIpc) is 2.64. The SMILES string of the molecule is CCCCN(c1cc(F)c(Cl)cc1N(N)C=O)S(=O)(=O)c1ccccc1. The van der Waals surface area contributed by atoms with Crippen LogP contribution < -0.4 is 15.2 Å². The number of unbranched alkanes of at least 4 members (excludes halogenated alkanes) is 1. The third-order valence-electron chi connectivity index (χ3n) is 3.72. The lowest BCUT2D eigenvalue weighted by molar-refractivity contribution is -0.107. The number of carbonyl (C=O) groups excluding carboxylic acids is 1. The Morgan fingerprint density at radius 1 is 1.19 bits per heavy atom. The molecule has 0 saturated heterocycles. The van der Waals surface area contributed by atoms with Crippen LogP contribution in [0.5, 0.6) is 0 Å². The van der Waals surface area contributed by atoms with Crippen LogP contribution in [-0.4, -0.2) is 21.4 Å². The van der Waals surface area contributed by atoms with Gasteiger partial charge in [-0.05, 0) is 24.6 Å². The topological polar surface area (TPSA) is 83.7 Å². The van der Waals surface area contributed by atoms with Crippen molar-refractivity contribution < 1.29 is 17.6 Å². The van der Waals surface area contributed by atoms with Crippen molar-refractivity contribution in [3.8, 4) is 0 Å². The van der Waals surface area contributed by atoms with Crippen LogP contribution in [0.15, 0.2) is 47.4 Å². The molecule has 2 N–H and O–H groups in total. The molecule has 0 unspecified atom stereocenters. The van der Waals surface area contributed by atoms with Crippen molar-refractivity contribution in [2.45, 2.75) is 24.7 Å². The summed E-state index contributed by atoms with van der Waals surface area (Å²) in [5.74, 6) is 4.81. The van der Waals surface area contributed by atoms with E-state index in [0.717, 1.165) is 16.4 Å². The normalized spacial score (nSPS) is 11.2. The van der Waals surface area contributed by atoms with E-state index in [1.807, 2.05) is 6.92 Å². The van der Waals surface area contributed by atoms with E-state index in [4.69, 9.17) is 17.4 Å². The molecule has 9 heteroatoms. The van der Waals surface area contributed by atoms with E-state index in [9.17, 15) is 17.6 Å². The molecule has 0 fully saturated rings. The molecule has 2 aromatic carbocycles. The van der Waals surface area contributed by atoms with Crippen molar-refractivity contribution in [2.75, 3.05) is 15.9 Å². The van der Waals surface area contributed by atoms with E-state index in [0.29, 0.717) is 24.3 Å². The number of hydrogen-bond acceptors (Lipinski definition) is 4. The maximum Gasteiger partial charge on any atom is 0.264 e. The van der Waals surface area contributed by atoms with Crippen LogP contribution in [0.3, 0.4) is 0 Å². The van der Waals surface area contributed by atoms with E-state index in [2.05, 4.69) is 0 Å². The van der Waals surface area contributed by atoms with Gasteiger partial charge in [0.2, 0.25) is 6.41 Å². The molecular weight excluding hydrogens is 381 g/mol. The summed E-state index contributed by atoms with van der Waals surface area (Å²) in [6.45, 7) is 1.99. The zero-order chi connectivity index (χ0) is 19.3. The first-order chi connectivity index (χ1) is 12.3. The van der Waals surface area contributed by atoms with Gasteiger partial charge in [-0.3, -0.25) is 9.10 Å². The Balaban J connectivity index is 2.68. The lowest BCUT2D eigenvalue weighted by Crippen LogP contribution is -2.36. The Morgan fingerprint density at radius 2 is 1.85 bits per heavy atom. The van der Waals surface area contributed by atoms with E-state index >= 15 is 0 Å². The highest BCUT2D eigenvalue weighted by Crippen LogP contribution is 2.36. The lowest BCUT2D eigenvalue weighted by Gasteiger charge is -2.28. The molecule has 0 spiro atoms. The number of sulfonamides is 1. The largest absolute Gasteiger partial charge is 0.277 e. The van der Waals surface area contributed by atoms with Gasteiger partial charge in [-0.2, -0.15) is 0 Å². The van der Waals surface area contributed by atoms with Crippen molar-refractivity contribution in [1.82, 2.24) is 0 Å². The molecule has 0 saturated carbocycles. The van der Waals surface area contributed by atoms with Crippen LogP contribution >= 0.6 is 11.6 Å². The van der Waals surface area contributed by atoms with Crippen LogP contribution in [0.25, 0.3) is 0 Å². The average molecular weight is 400 g/mol. The van der Waals surface area contributed by atoms with Crippen LogP contribution in [0.1, 0.15) is 19.8 Å². The number of benzene rings is 2. The summed E-state index contributed by atoms with van der Waals surface area (Å²) >= 11 is 5.79. The number of hydrazine groups is 1. The molecule has 0 aliphatic carbocycles. The molecule has 6 nitrogen and oxygen atoms in total. The molecule has 0 aliphatic rings. The fourth-order valence-electron chi connectivity index (χ4n) is 2.38. The van der Waals surface area contributed by atoms with Crippen LogP contribution in [-0.2, 0) is 14.8 Å². The molecule has 0 radical (unpaired) electrons. The zero-order valence-electron chi connectivity index (χ0n) is 14.1. The number of amides is 1. The third kappa shape index (κ3) is 4.14. The smallest absolute Gasteiger partial charge is 0.264 e. The predicted octanol–water partition coefficient (Wildman–Crippen LogP) is 3.31. The van der Waals surface area contributed by atoms with Gasteiger partial charge in [-0.15, -0.1) is 0 Å². The number of halogens is 2. The van der Waals surface area contributed by atoms with Gasteiger partial charge >= 0.3 is 0 Å². The Morgan fingerprint density at radius 3 is 2.42 bits per heavy atom. The standard InChI is InChI=1S/C17H19ClFN3O3S/c1-2-3-9-22(26(24,25)13-7-5-4-6-8-13)17-11-15(19)14(18)10-16(17)21(20)12-23/h4-8,10-12H,2-3,9,20H2,1H3. The van der Waals surface area contributed by atoms with E-state index in [-0.39, 0.29) is 27.8 Å².